The van der Waals surface area contributed by atoms with Gasteiger partial charge in [0.2, 0.25) is 0 Å². The van der Waals surface area contributed by atoms with Gasteiger partial charge in [-0.05, 0) is 29.8 Å². The molecule has 0 saturated carbocycles. The molecule has 0 aliphatic rings. The molecule has 29 heavy (non-hydrogen) atoms. The molecule has 0 radical (unpaired) electrons. The lowest BCUT2D eigenvalue weighted by atomic mass is 9.90. The van der Waals surface area contributed by atoms with Crippen molar-refractivity contribution in [3.05, 3.63) is 79.2 Å². The Morgan fingerprint density at radius 2 is 1.62 bits per heavy atom. The van der Waals surface area contributed by atoms with Gasteiger partial charge >= 0.3 is 0 Å². The van der Waals surface area contributed by atoms with E-state index in [4.69, 9.17) is 39.8 Å². The Bertz CT molecular complexity index is 994. The Morgan fingerprint density at radius 3 is 2.17 bits per heavy atom. The summed E-state index contributed by atoms with van der Waals surface area (Å²) < 4.78 is 0. The molecule has 0 aliphatic heterocycles. The van der Waals surface area contributed by atoms with Crippen LogP contribution in [-0.4, -0.2) is 10.9 Å². The van der Waals surface area contributed by atoms with Gasteiger partial charge in [0.15, 0.2) is 5.13 Å². The summed E-state index contributed by atoms with van der Waals surface area (Å²) in [6, 6.07) is 12.7. The van der Waals surface area contributed by atoms with Crippen LogP contribution in [0.1, 0.15) is 47.3 Å². The molecule has 1 amide bonds. The van der Waals surface area contributed by atoms with Crippen molar-refractivity contribution in [2.24, 2.45) is 0 Å². The quantitative estimate of drug-likeness (QED) is 0.371. The molecule has 0 fully saturated rings. The predicted molar refractivity (Wildman–Crippen MR) is 130 cm³/mol. The molecule has 0 spiro atoms. The highest BCUT2D eigenvalue weighted by Gasteiger charge is 2.25. The van der Waals surface area contributed by atoms with E-state index in [2.05, 4.69) is 26.1 Å². The SMILES string of the molecule is Br.CC(C)(C)c1nc(NC(=O)c2c(Cl)cccc2Cl)sc1Cc1ccc(Cl)cc1. The highest BCUT2D eigenvalue weighted by Crippen LogP contribution is 2.34. The first-order valence-corrected chi connectivity index (χ1v) is 10.6. The van der Waals surface area contributed by atoms with Crippen LogP contribution in [0.25, 0.3) is 0 Å². The van der Waals surface area contributed by atoms with Gasteiger partial charge in [-0.15, -0.1) is 28.3 Å². The second kappa shape index (κ2) is 9.80. The number of thiazole rings is 1. The summed E-state index contributed by atoms with van der Waals surface area (Å²) >= 11 is 19.7. The third-order valence-electron chi connectivity index (χ3n) is 4.10. The van der Waals surface area contributed by atoms with E-state index in [9.17, 15) is 4.79 Å². The zero-order valence-corrected chi connectivity index (χ0v) is 20.9. The maximum absolute atomic E-state index is 12.7. The fraction of sp³-hybridized carbons (Fsp3) is 0.238. The monoisotopic (exact) mass is 532 g/mol. The van der Waals surface area contributed by atoms with Gasteiger partial charge in [0.05, 0.1) is 21.3 Å². The minimum atomic E-state index is -0.372. The van der Waals surface area contributed by atoms with E-state index in [0.29, 0.717) is 26.6 Å². The number of amides is 1. The lowest BCUT2D eigenvalue weighted by molar-refractivity contribution is 0.102. The van der Waals surface area contributed by atoms with Gasteiger partial charge in [0.1, 0.15) is 0 Å². The molecule has 0 aliphatic carbocycles. The number of rotatable bonds is 4. The summed E-state index contributed by atoms with van der Waals surface area (Å²) in [5, 5.41) is 4.68. The summed E-state index contributed by atoms with van der Waals surface area (Å²) in [6.45, 7) is 6.30. The standard InChI is InChI=1S/C21H19Cl3N2OS.BrH/c1-21(2,3)18-16(11-12-7-9-13(22)10-8-12)28-20(25-18)26-19(27)17-14(23)5-4-6-15(17)24;/h4-10H,11H2,1-3H3,(H,25,26,27);1H. The molecule has 0 bridgehead atoms. The van der Waals surface area contributed by atoms with Crippen molar-refractivity contribution in [2.45, 2.75) is 32.6 Å². The Labute approximate surface area is 200 Å². The number of hydrogen-bond donors (Lipinski definition) is 1. The Hall–Kier alpha value is -1.11. The molecule has 1 heterocycles. The third kappa shape index (κ3) is 5.96. The Balaban J connectivity index is 0.00000300. The van der Waals surface area contributed by atoms with Crippen LogP contribution < -0.4 is 5.32 Å². The predicted octanol–water partition coefficient (Wildman–Crippen LogP) is 7.82. The minimum Gasteiger partial charge on any atom is -0.298 e. The number of nitrogens with zero attached hydrogens (tertiary/aromatic N) is 1. The number of anilines is 1. The number of carbonyl (C=O) groups is 1. The minimum absolute atomic E-state index is 0. The molecular formula is C21H20BrCl3N2OS. The van der Waals surface area contributed by atoms with Crippen molar-refractivity contribution < 1.29 is 4.79 Å². The lowest BCUT2D eigenvalue weighted by Crippen LogP contribution is -2.16. The van der Waals surface area contributed by atoms with Crippen molar-refractivity contribution in [1.29, 1.82) is 0 Å². The molecule has 0 atom stereocenters. The maximum Gasteiger partial charge on any atom is 0.260 e. The van der Waals surface area contributed by atoms with Crippen LogP contribution in [0.15, 0.2) is 42.5 Å². The fourth-order valence-electron chi connectivity index (χ4n) is 2.77. The van der Waals surface area contributed by atoms with Gasteiger partial charge < -0.3 is 0 Å². The van der Waals surface area contributed by atoms with E-state index in [1.54, 1.807) is 18.2 Å². The topological polar surface area (TPSA) is 42.0 Å². The van der Waals surface area contributed by atoms with Crippen LogP contribution in [0.3, 0.4) is 0 Å². The van der Waals surface area contributed by atoms with E-state index < -0.39 is 0 Å². The average molecular weight is 535 g/mol. The van der Waals surface area contributed by atoms with Crippen LogP contribution in [0.5, 0.6) is 0 Å². The molecule has 8 heteroatoms. The number of hydrogen-bond acceptors (Lipinski definition) is 3. The molecule has 2 aromatic carbocycles. The highest BCUT2D eigenvalue weighted by molar-refractivity contribution is 8.93. The first-order valence-electron chi connectivity index (χ1n) is 8.65. The van der Waals surface area contributed by atoms with Gasteiger partial charge in [-0.25, -0.2) is 4.98 Å². The smallest absolute Gasteiger partial charge is 0.260 e. The summed E-state index contributed by atoms with van der Waals surface area (Å²) in [7, 11) is 0. The summed E-state index contributed by atoms with van der Waals surface area (Å²) in [5.41, 5.74) is 2.17. The van der Waals surface area contributed by atoms with Gasteiger partial charge in [0.25, 0.3) is 5.91 Å². The molecule has 0 unspecified atom stereocenters. The highest BCUT2D eigenvalue weighted by atomic mass is 79.9. The number of halogens is 4. The van der Waals surface area contributed by atoms with Crippen LogP contribution in [0, 0.1) is 0 Å². The summed E-state index contributed by atoms with van der Waals surface area (Å²) in [4.78, 5) is 18.5. The van der Waals surface area contributed by atoms with Crippen LogP contribution in [-0.2, 0) is 11.8 Å². The van der Waals surface area contributed by atoms with E-state index in [-0.39, 0.29) is 33.9 Å². The van der Waals surface area contributed by atoms with Crippen LogP contribution in [0.4, 0.5) is 5.13 Å². The van der Waals surface area contributed by atoms with Crippen molar-refractivity contribution in [3.8, 4) is 0 Å². The second-order valence-corrected chi connectivity index (χ2v) is 9.73. The first-order chi connectivity index (χ1) is 13.1. The van der Waals surface area contributed by atoms with Crippen molar-refractivity contribution in [3.63, 3.8) is 0 Å². The second-order valence-electron chi connectivity index (χ2n) is 7.39. The largest absolute Gasteiger partial charge is 0.298 e. The molecular weight excluding hydrogens is 515 g/mol. The number of nitrogens with one attached hydrogen (secondary N) is 1. The maximum atomic E-state index is 12.7. The molecule has 3 aromatic rings. The molecule has 0 saturated heterocycles. The summed E-state index contributed by atoms with van der Waals surface area (Å²) in [5.74, 6) is -0.372. The molecule has 3 rings (SSSR count). The lowest BCUT2D eigenvalue weighted by Gasteiger charge is -2.17. The molecule has 1 N–H and O–H groups in total. The first kappa shape index (κ1) is 24.2. The third-order valence-corrected chi connectivity index (χ3v) is 5.95. The van der Waals surface area contributed by atoms with Crippen molar-refractivity contribution >= 4 is 74.2 Å². The Kier molecular flexibility index (Phi) is 8.16. The normalized spacial score (nSPS) is 11.1. The van der Waals surface area contributed by atoms with Crippen LogP contribution >= 0.6 is 63.1 Å². The van der Waals surface area contributed by atoms with E-state index in [1.165, 1.54) is 11.3 Å². The average Bonchev–Trinajstić information content (AvgIpc) is 2.99. The van der Waals surface area contributed by atoms with Crippen molar-refractivity contribution in [2.75, 3.05) is 5.32 Å². The summed E-state index contributed by atoms with van der Waals surface area (Å²) in [6.07, 6.45) is 0.712. The van der Waals surface area contributed by atoms with Crippen LogP contribution in [0.2, 0.25) is 15.1 Å². The number of benzene rings is 2. The van der Waals surface area contributed by atoms with Crippen molar-refractivity contribution in [1.82, 2.24) is 4.98 Å². The van der Waals surface area contributed by atoms with Gasteiger partial charge in [-0.2, -0.15) is 0 Å². The number of aromatic nitrogens is 1. The Morgan fingerprint density at radius 1 is 1.03 bits per heavy atom. The zero-order valence-electron chi connectivity index (χ0n) is 16.1. The number of carbonyl (C=O) groups excluding carboxylic acids is 1. The van der Waals surface area contributed by atoms with Gasteiger partial charge in [-0.3, -0.25) is 10.1 Å². The van der Waals surface area contributed by atoms with Gasteiger partial charge in [-0.1, -0.05) is 73.8 Å². The molecule has 1 aromatic heterocycles. The fourth-order valence-corrected chi connectivity index (χ4v) is 4.67. The molecule has 3 nitrogen and oxygen atoms in total. The van der Waals surface area contributed by atoms with E-state index in [1.807, 2.05) is 24.3 Å². The zero-order chi connectivity index (χ0) is 20.5. The van der Waals surface area contributed by atoms with Gasteiger partial charge in [0, 0.05) is 21.7 Å². The van der Waals surface area contributed by atoms with E-state index >= 15 is 0 Å². The molecule has 154 valence electrons. The van der Waals surface area contributed by atoms with E-state index in [0.717, 1.165) is 16.1 Å².